The molecule has 1 fully saturated rings. The fourth-order valence-corrected chi connectivity index (χ4v) is 2.39. The summed E-state index contributed by atoms with van der Waals surface area (Å²) in [5, 5.41) is 5.81. The summed E-state index contributed by atoms with van der Waals surface area (Å²) in [4.78, 5) is 26.0. The Balaban J connectivity index is 0.00000220. The molecule has 0 spiro atoms. The molecule has 2 rings (SSSR count). The molecule has 2 amide bonds. The first kappa shape index (κ1) is 17.5. The van der Waals surface area contributed by atoms with Crippen molar-refractivity contribution < 1.29 is 9.59 Å². The molecule has 1 aliphatic heterocycles. The van der Waals surface area contributed by atoms with Crippen molar-refractivity contribution in [2.24, 2.45) is 5.92 Å². The number of hydrogen-bond acceptors (Lipinski definition) is 3. The van der Waals surface area contributed by atoms with E-state index < -0.39 is 6.04 Å². The van der Waals surface area contributed by atoms with Gasteiger partial charge in [-0.3, -0.25) is 9.59 Å². The summed E-state index contributed by atoms with van der Waals surface area (Å²) < 4.78 is 0. The maximum atomic E-state index is 12.3. The van der Waals surface area contributed by atoms with Gasteiger partial charge in [-0.1, -0.05) is 25.1 Å². The number of rotatable bonds is 5. The van der Waals surface area contributed by atoms with E-state index in [1.54, 1.807) is 4.90 Å². The zero-order chi connectivity index (χ0) is 14.5. The molecule has 0 bridgehead atoms. The van der Waals surface area contributed by atoms with Crippen LogP contribution in [0, 0.1) is 5.92 Å². The minimum atomic E-state index is -0.401. The van der Waals surface area contributed by atoms with Crippen LogP contribution in [0.3, 0.4) is 0 Å². The molecule has 2 atom stereocenters. The summed E-state index contributed by atoms with van der Waals surface area (Å²) in [6.07, 6.45) is 0.658. The van der Waals surface area contributed by atoms with Crippen molar-refractivity contribution in [1.82, 2.24) is 10.6 Å². The van der Waals surface area contributed by atoms with Gasteiger partial charge in [-0.05, 0) is 25.6 Å². The Bertz CT molecular complexity index is 481. The Morgan fingerprint density at radius 1 is 1.38 bits per heavy atom. The summed E-state index contributed by atoms with van der Waals surface area (Å²) >= 11 is 0. The fraction of sp³-hybridized carbons (Fsp3) is 0.467. The van der Waals surface area contributed by atoms with E-state index in [0.717, 1.165) is 5.69 Å². The van der Waals surface area contributed by atoms with Crippen LogP contribution in [0.1, 0.15) is 13.3 Å². The van der Waals surface area contributed by atoms with Crippen LogP contribution < -0.4 is 15.5 Å². The second-order valence-corrected chi connectivity index (χ2v) is 5.13. The number of carbonyl (C=O) groups excluding carboxylic acids is 2. The van der Waals surface area contributed by atoms with Crippen molar-refractivity contribution >= 4 is 29.9 Å². The van der Waals surface area contributed by atoms with Crippen LogP contribution in [0.25, 0.3) is 0 Å². The molecule has 116 valence electrons. The van der Waals surface area contributed by atoms with Gasteiger partial charge in [0.15, 0.2) is 0 Å². The number of carbonyl (C=O) groups is 2. The molecule has 1 heterocycles. The Hall–Kier alpha value is -1.59. The molecule has 2 N–H and O–H groups in total. The SMILES string of the molecule is CNCC(C)C(=O)NC1CCN(c2ccccc2)C1=O.Cl. The maximum Gasteiger partial charge on any atom is 0.249 e. The first-order chi connectivity index (χ1) is 9.63. The summed E-state index contributed by atoms with van der Waals surface area (Å²) in [5.41, 5.74) is 0.887. The van der Waals surface area contributed by atoms with Gasteiger partial charge < -0.3 is 15.5 Å². The lowest BCUT2D eigenvalue weighted by Gasteiger charge is -2.18. The van der Waals surface area contributed by atoms with Gasteiger partial charge >= 0.3 is 0 Å². The number of anilines is 1. The third-order valence-electron chi connectivity index (χ3n) is 3.55. The normalized spacial score (nSPS) is 19.0. The quantitative estimate of drug-likeness (QED) is 0.858. The van der Waals surface area contributed by atoms with Crippen molar-refractivity contribution in [3.8, 4) is 0 Å². The predicted molar refractivity (Wildman–Crippen MR) is 85.7 cm³/mol. The lowest BCUT2D eigenvalue weighted by atomic mass is 10.1. The Kier molecular flexibility index (Phi) is 6.65. The van der Waals surface area contributed by atoms with Crippen molar-refractivity contribution in [3.05, 3.63) is 30.3 Å². The van der Waals surface area contributed by atoms with Crippen molar-refractivity contribution in [2.45, 2.75) is 19.4 Å². The first-order valence-corrected chi connectivity index (χ1v) is 6.95. The highest BCUT2D eigenvalue weighted by Gasteiger charge is 2.34. The second kappa shape index (κ2) is 8.00. The van der Waals surface area contributed by atoms with E-state index in [1.807, 2.05) is 44.3 Å². The minimum Gasteiger partial charge on any atom is -0.344 e. The number of para-hydroxylation sites is 1. The van der Waals surface area contributed by atoms with Gasteiger partial charge in [-0.2, -0.15) is 0 Å². The van der Waals surface area contributed by atoms with Gasteiger partial charge in [0.2, 0.25) is 11.8 Å². The van der Waals surface area contributed by atoms with E-state index in [-0.39, 0.29) is 30.1 Å². The van der Waals surface area contributed by atoms with Gasteiger partial charge in [0.05, 0.1) is 0 Å². The molecule has 5 nitrogen and oxygen atoms in total. The molecule has 1 aromatic rings. The van der Waals surface area contributed by atoms with Crippen LogP contribution >= 0.6 is 12.4 Å². The highest BCUT2D eigenvalue weighted by molar-refractivity contribution is 6.01. The van der Waals surface area contributed by atoms with Crippen LogP contribution in [0.5, 0.6) is 0 Å². The van der Waals surface area contributed by atoms with Crippen LogP contribution in [-0.2, 0) is 9.59 Å². The van der Waals surface area contributed by atoms with E-state index in [1.165, 1.54) is 0 Å². The minimum absolute atomic E-state index is 0. The van der Waals surface area contributed by atoms with E-state index in [9.17, 15) is 9.59 Å². The average Bonchev–Trinajstić information content (AvgIpc) is 2.81. The second-order valence-electron chi connectivity index (χ2n) is 5.13. The van der Waals surface area contributed by atoms with Crippen LogP contribution in [0.15, 0.2) is 30.3 Å². The summed E-state index contributed by atoms with van der Waals surface area (Å²) in [6.45, 7) is 3.10. The smallest absolute Gasteiger partial charge is 0.249 e. The predicted octanol–water partition coefficient (Wildman–Crippen LogP) is 1.19. The van der Waals surface area contributed by atoms with Gasteiger partial charge in [-0.25, -0.2) is 0 Å². The number of hydrogen-bond donors (Lipinski definition) is 2. The van der Waals surface area contributed by atoms with Crippen LogP contribution in [0.4, 0.5) is 5.69 Å². The third kappa shape index (κ3) is 4.19. The third-order valence-corrected chi connectivity index (χ3v) is 3.55. The lowest BCUT2D eigenvalue weighted by Crippen LogP contribution is -2.45. The van der Waals surface area contributed by atoms with Crippen LogP contribution in [0.2, 0.25) is 0 Å². The van der Waals surface area contributed by atoms with E-state index in [4.69, 9.17) is 0 Å². The molecule has 1 aromatic carbocycles. The molecule has 0 radical (unpaired) electrons. The van der Waals surface area contributed by atoms with Gasteiger partial charge in [-0.15, -0.1) is 12.4 Å². The summed E-state index contributed by atoms with van der Waals surface area (Å²) in [6, 6.07) is 9.15. The summed E-state index contributed by atoms with van der Waals surface area (Å²) in [7, 11) is 1.81. The largest absolute Gasteiger partial charge is 0.344 e. The Morgan fingerprint density at radius 3 is 2.67 bits per heavy atom. The topological polar surface area (TPSA) is 61.4 Å². The Morgan fingerprint density at radius 2 is 2.05 bits per heavy atom. The standard InChI is InChI=1S/C15H21N3O2.ClH/c1-11(10-16-2)14(19)17-13-8-9-18(15(13)20)12-6-4-3-5-7-12;/h3-7,11,13,16H,8-10H2,1-2H3,(H,17,19);1H. The number of nitrogens with one attached hydrogen (secondary N) is 2. The molecular weight excluding hydrogens is 290 g/mol. The lowest BCUT2D eigenvalue weighted by molar-refractivity contribution is -0.128. The number of halogens is 1. The zero-order valence-corrected chi connectivity index (χ0v) is 13.2. The highest BCUT2D eigenvalue weighted by atomic mass is 35.5. The molecule has 2 unspecified atom stereocenters. The van der Waals surface area contributed by atoms with Crippen LogP contribution in [-0.4, -0.2) is 38.0 Å². The molecular formula is C15H22ClN3O2. The fourth-order valence-electron chi connectivity index (χ4n) is 2.39. The zero-order valence-electron chi connectivity index (χ0n) is 12.3. The summed E-state index contributed by atoms with van der Waals surface area (Å²) in [5.74, 6) is -0.243. The molecule has 21 heavy (non-hydrogen) atoms. The van der Waals surface area contributed by atoms with E-state index in [0.29, 0.717) is 19.5 Å². The van der Waals surface area contributed by atoms with Crippen molar-refractivity contribution in [3.63, 3.8) is 0 Å². The van der Waals surface area contributed by atoms with Crippen molar-refractivity contribution in [2.75, 3.05) is 25.0 Å². The number of nitrogens with zero attached hydrogens (tertiary/aromatic N) is 1. The van der Waals surface area contributed by atoms with E-state index >= 15 is 0 Å². The van der Waals surface area contributed by atoms with E-state index in [2.05, 4.69) is 10.6 Å². The molecule has 0 aromatic heterocycles. The molecule has 1 aliphatic rings. The highest BCUT2D eigenvalue weighted by Crippen LogP contribution is 2.21. The Labute approximate surface area is 131 Å². The monoisotopic (exact) mass is 311 g/mol. The van der Waals surface area contributed by atoms with Crippen molar-refractivity contribution in [1.29, 1.82) is 0 Å². The average molecular weight is 312 g/mol. The number of benzene rings is 1. The first-order valence-electron chi connectivity index (χ1n) is 6.95. The van der Waals surface area contributed by atoms with Gasteiger partial charge in [0.1, 0.15) is 6.04 Å². The molecule has 6 heteroatoms. The molecule has 0 saturated carbocycles. The van der Waals surface area contributed by atoms with Gasteiger partial charge in [0, 0.05) is 24.7 Å². The number of amides is 2. The van der Waals surface area contributed by atoms with Gasteiger partial charge in [0.25, 0.3) is 0 Å². The maximum absolute atomic E-state index is 12.3. The molecule has 1 saturated heterocycles. The molecule has 0 aliphatic carbocycles.